The number of hydrogen-bond donors (Lipinski definition) is 2. The van der Waals surface area contributed by atoms with Gasteiger partial charge in [-0.25, -0.2) is 9.89 Å². The average Bonchev–Trinajstić information content (AvgIpc) is 2.93. The van der Waals surface area contributed by atoms with Gasteiger partial charge in [-0.15, -0.1) is 5.10 Å². The summed E-state index contributed by atoms with van der Waals surface area (Å²) in [4.78, 5) is 24.4. The number of anilines is 1. The minimum atomic E-state index is -0.365. The van der Waals surface area contributed by atoms with Crippen molar-refractivity contribution in [2.45, 2.75) is 63.4 Å². The first kappa shape index (κ1) is 19.3. The zero-order chi connectivity index (χ0) is 18.4. The summed E-state index contributed by atoms with van der Waals surface area (Å²) in [7, 11) is 0. The number of H-pyrrole nitrogens is 1. The van der Waals surface area contributed by atoms with Gasteiger partial charge >= 0.3 is 5.69 Å². The summed E-state index contributed by atoms with van der Waals surface area (Å²) >= 11 is 1.29. The molecule has 0 saturated heterocycles. The number of para-hydroxylation sites is 1. The molecule has 0 saturated carbocycles. The van der Waals surface area contributed by atoms with Crippen molar-refractivity contribution in [1.29, 1.82) is 0 Å². The molecular formula is C18H26N4O2S. The Morgan fingerprint density at radius 1 is 1.32 bits per heavy atom. The van der Waals surface area contributed by atoms with Crippen molar-refractivity contribution < 1.29 is 4.79 Å². The molecule has 2 rings (SSSR count). The van der Waals surface area contributed by atoms with Crippen LogP contribution in [0.2, 0.25) is 0 Å². The van der Waals surface area contributed by atoms with E-state index < -0.39 is 0 Å². The Morgan fingerprint density at radius 2 is 2.04 bits per heavy atom. The number of nitrogens with one attached hydrogen (secondary N) is 2. The molecule has 0 aliphatic heterocycles. The minimum Gasteiger partial charge on any atom is -0.325 e. The lowest BCUT2D eigenvalue weighted by Gasteiger charge is -2.16. The van der Waals surface area contributed by atoms with Gasteiger partial charge in [-0.05, 0) is 30.9 Å². The van der Waals surface area contributed by atoms with Gasteiger partial charge in [0.1, 0.15) is 0 Å². The van der Waals surface area contributed by atoms with E-state index >= 15 is 0 Å². The Labute approximate surface area is 152 Å². The van der Waals surface area contributed by atoms with Crippen molar-refractivity contribution in [1.82, 2.24) is 14.8 Å². The van der Waals surface area contributed by atoms with Gasteiger partial charge < -0.3 is 5.32 Å². The van der Waals surface area contributed by atoms with Crippen LogP contribution >= 0.6 is 11.8 Å². The molecule has 0 aliphatic carbocycles. The fourth-order valence-electron chi connectivity index (χ4n) is 2.47. The summed E-state index contributed by atoms with van der Waals surface area (Å²) in [6, 6.07) is 7.82. The van der Waals surface area contributed by atoms with Crippen LogP contribution in [0.4, 0.5) is 5.69 Å². The van der Waals surface area contributed by atoms with E-state index in [0.29, 0.717) is 17.6 Å². The largest absolute Gasteiger partial charge is 0.343 e. The molecule has 1 aromatic carbocycles. The summed E-state index contributed by atoms with van der Waals surface area (Å²) in [5.41, 5.74) is 1.71. The Morgan fingerprint density at radius 3 is 2.72 bits per heavy atom. The molecular weight excluding hydrogens is 336 g/mol. The third-order valence-electron chi connectivity index (χ3n) is 3.95. The summed E-state index contributed by atoms with van der Waals surface area (Å²) in [6.07, 6.45) is 1.89. The van der Waals surface area contributed by atoms with Gasteiger partial charge in [0.05, 0.1) is 5.25 Å². The normalized spacial score (nSPS) is 12.4. The van der Waals surface area contributed by atoms with Gasteiger partial charge in [-0.1, -0.05) is 57.2 Å². The van der Waals surface area contributed by atoms with Crippen LogP contribution in [0.5, 0.6) is 0 Å². The molecule has 0 bridgehead atoms. The summed E-state index contributed by atoms with van der Waals surface area (Å²) in [5.74, 6) is 0.223. The first-order valence-electron chi connectivity index (χ1n) is 8.65. The Hall–Kier alpha value is -2.02. The summed E-state index contributed by atoms with van der Waals surface area (Å²) < 4.78 is 1.60. The van der Waals surface area contributed by atoms with E-state index in [-0.39, 0.29) is 16.8 Å². The number of carbonyl (C=O) groups excluding carboxylic acids is 1. The lowest BCUT2D eigenvalue weighted by molar-refractivity contribution is -0.115. The number of benzene rings is 1. The van der Waals surface area contributed by atoms with E-state index in [1.807, 2.05) is 31.2 Å². The second-order valence-electron chi connectivity index (χ2n) is 6.31. The molecule has 1 heterocycles. The molecule has 6 nitrogen and oxygen atoms in total. The molecule has 1 unspecified atom stereocenters. The van der Waals surface area contributed by atoms with Crippen LogP contribution in [-0.2, 0) is 11.3 Å². The first-order chi connectivity index (χ1) is 11.9. The Kier molecular flexibility index (Phi) is 6.87. The highest BCUT2D eigenvalue weighted by Crippen LogP contribution is 2.26. The SMILES string of the molecule is CCCCn1c(SC(C)C(=O)Nc2ccccc2C(C)C)n[nH]c1=O. The maximum atomic E-state index is 12.6. The van der Waals surface area contributed by atoms with Crippen LogP contribution in [0, 0.1) is 0 Å². The third kappa shape index (κ3) is 4.98. The zero-order valence-corrected chi connectivity index (χ0v) is 16.0. The van der Waals surface area contributed by atoms with E-state index in [1.165, 1.54) is 11.8 Å². The molecule has 7 heteroatoms. The molecule has 0 radical (unpaired) electrons. The second-order valence-corrected chi connectivity index (χ2v) is 7.62. The third-order valence-corrected chi connectivity index (χ3v) is 5.04. The predicted molar refractivity (Wildman–Crippen MR) is 102 cm³/mol. The van der Waals surface area contributed by atoms with Crippen molar-refractivity contribution in [2.75, 3.05) is 5.32 Å². The number of hydrogen-bond acceptors (Lipinski definition) is 4. The van der Waals surface area contributed by atoms with Gasteiger partial charge in [0.2, 0.25) is 5.91 Å². The van der Waals surface area contributed by atoms with Crippen molar-refractivity contribution in [3.63, 3.8) is 0 Å². The maximum absolute atomic E-state index is 12.6. The maximum Gasteiger partial charge on any atom is 0.343 e. The van der Waals surface area contributed by atoms with Gasteiger partial charge in [-0.2, -0.15) is 0 Å². The molecule has 0 aliphatic rings. The van der Waals surface area contributed by atoms with Gasteiger partial charge in [-0.3, -0.25) is 9.36 Å². The molecule has 0 spiro atoms. The molecule has 1 aromatic heterocycles. The highest BCUT2D eigenvalue weighted by atomic mass is 32.2. The fourth-order valence-corrected chi connectivity index (χ4v) is 3.35. The molecule has 2 N–H and O–H groups in total. The van der Waals surface area contributed by atoms with Crippen LogP contribution in [-0.4, -0.2) is 25.9 Å². The van der Waals surface area contributed by atoms with Crippen LogP contribution in [0.3, 0.4) is 0 Å². The number of aromatic amines is 1. The quantitative estimate of drug-likeness (QED) is 0.703. The number of unbranched alkanes of at least 4 members (excludes halogenated alkanes) is 1. The van der Waals surface area contributed by atoms with Crippen LogP contribution < -0.4 is 11.0 Å². The number of aromatic nitrogens is 3. The highest BCUT2D eigenvalue weighted by molar-refractivity contribution is 8.00. The summed E-state index contributed by atoms with van der Waals surface area (Å²) in [5, 5.41) is 9.71. The zero-order valence-electron chi connectivity index (χ0n) is 15.2. The highest BCUT2D eigenvalue weighted by Gasteiger charge is 2.20. The lowest BCUT2D eigenvalue weighted by atomic mass is 10.0. The number of amides is 1. The van der Waals surface area contributed by atoms with Gasteiger partial charge in [0, 0.05) is 12.2 Å². The standard InChI is InChI=1S/C18H26N4O2S/c1-5-6-11-22-17(24)20-21-18(22)25-13(4)16(23)19-15-10-8-7-9-14(15)12(2)3/h7-10,12-13H,5-6,11H2,1-4H3,(H,19,23)(H,20,24). The number of thioether (sulfide) groups is 1. The second kappa shape index (κ2) is 8.89. The number of carbonyl (C=O) groups is 1. The molecule has 25 heavy (non-hydrogen) atoms. The van der Waals surface area contributed by atoms with Crippen molar-refractivity contribution in [3.8, 4) is 0 Å². The van der Waals surface area contributed by atoms with Gasteiger partial charge in [0.15, 0.2) is 5.16 Å². The average molecular weight is 362 g/mol. The van der Waals surface area contributed by atoms with E-state index in [1.54, 1.807) is 4.57 Å². The number of nitrogens with zero attached hydrogens (tertiary/aromatic N) is 2. The Balaban J connectivity index is 2.08. The van der Waals surface area contributed by atoms with Crippen molar-refractivity contribution in [3.05, 3.63) is 40.3 Å². The van der Waals surface area contributed by atoms with Crippen LogP contribution in [0.15, 0.2) is 34.2 Å². The van der Waals surface area contributed by atoms with Gasteiger partial charge in [0.25, 0.3) is 0 Å². The van der Waals surface area contributed by atoms with E-state index in [0.717, 1.165) is 24.1 Å². The summed E-state index contributed by atoms with van der Waals surface area (Å²) in [6.45, 7) is 8.69. The molecule has 1 atom stereocenters. The topological polar surface area (TPSA) is 79.8 Å². The molecule has 1 amide bonds. The first-order valence-corrected chi connectivity index (χ1v) is 9.53. The molecule has 0 fully saturated rings. The smallest absolute Gasteiger partial charge is 0.325 e. The number of rotatable bonds is 8. The van der Waals surface area contributed by atoms with Crippen LogP contribution in [0.1, 0.15) is 52.0 Å². The van der Waals surface area contributed by atoms with E-state index in [9.17, 15) is 9.59 Å². The molecule has 136 valence electrons. The fraction of sp³-hybridized carbons (Fsp3) is 0.500. The minimum absolute atomic E-state index is 0.101. The lowest BCUT2D eigenvalue weighted by Crippen LogP contribution is -2.24. The van der Waals surface area contributed by atoms with Crippen molar-refractivity contribution >= 4 is 23.4 Å². The van der Waals surface area contributed by atoms with E-state index in [2.05, 4.69) is 36.3 Å². The Bertz CT molecular complexity index is 766. The van der Waals surface area contributed by atoms with Crippen molar-refractivity contribution in [2.24, 2.45) is 0 Å². The monoisotopic (exact) mass is 362 g/mol. The van der Waals surface area contributed by atoms with Crippen LogP contribution in [0.25, 0.3) is 0 Å². The van der Waals surface area contributed by atoms with E-state index in [4.69, 9.17) is 0 Å². The molecule has 2 aromatic rings. The predicted octanol–water partition coefficient (Wildman–Crippen LogP) is 3.61.